The van der Waals surface area contributed by atoms with E-state index in [1.165, 1.54) is 11.8 Å². The van der Waals surface area contributed by atoms with Crippen LogP contribution in [-0.2, 0) is 9.59 Å². The lowest BCUT2D eigenvalue weighted by molar-refractivity contribution is -0.119. The molecule has 0 heterocycles. The second kappa shape index (κ2) is 10.9. The molecule has 30 heavy (non-hydrogen) atoms. The molecule has 6 heteroatoms. The molecule has 3 aromatic carbocycles. The number of carbonyl (C=O) groups is 2. The van der Waals surface area contributed by atoms with E-state index in [4.69, 9.17) is 11.6 Å². The van der Waals surface area contributed by atoms with Gasteiger partial charge in [0.1, 0.15) is 0 Å². The molecule has 154 valence electrons. The highest BCUT2D eigenvalue weighted by atomic mass is 35.5. The quantitative estimate of drug-likeness (QED) is 0.506. The number of hydrogen-bond donors (Lipinski definition) is 2. The van der Waals surface area contributed by atoms with Crippen molar-refractivity contribution in [3.05, 3.63) is 101 Å². The Morgan fingerprint density at radius 1 is 0.833 bits per heavy atom. The van der Waals surface area contributed by atoms with E-state index in [9.17, 15) is 9.59 Å². The summed E-state index contributed by atoms with van der Waals surface area (Å²) in [4.78, 5) is 24.7. The molecular formula is C24H23ClN2O2S. The van der Waals surface area contributed by atoms with Gasteiger partial charge in [0.2, 0.25) is 11.8 Å². The van der Waals surface area contributed by atoms with E-state index in [0.717, 1.165) is 22.4 Å². The van der Waals surface area contributed by atoms with Crippen molar-refractivity contribution in [3.8, 4) is 0 Å². The van der Waals surface area contributed by atoms with Crippen LogP contribution in [0.25, 0.3) is 0 Å². The molecule has 0 aliphatic carbocycles. The first-order valence-electron chi connectivity index (χ1n) is 9.55. The predicted octanol–water partition coefficient (Wildman–Crippen LogP) is 5.23. The monoisotopic (exact) mass is 438 g/mol. The maximum Gasteiger partial charge on any atom is 0.234 e. The molecule has 0 spiro atoms. The van der Waals surface area contributed by atoms with Crippen molar-refractivity contribution < 1.29 is 9.59 Å². The van der Waals surface area contributed by atoms with Crippen molar-refractivity contribution in [1.29, 1.82) is 0 Å². The van der Waals surface area contributed by atoms with Gasteiger partial charge in [0, 0.05) is 10.7 Å². The number of thioether (sulfide) groups is 1. The van der Waals surface area contributed by atoms with E-state index in [2.05, 4.69) is 10.6 Å². The van der Waals surface area contributed by atoms with Gasteiger partial charge in [0.25, 0.3) is 0 Å². The molecule has 0 bridgehead atoms. The van der Waals surface area contributed by atoms with Crippen LogP contribution in [0.3, 0.4) is 0 Å². The molecule has 1 unspecified atom stereocenters. The van der Waals surface area contributed by atoms with Crippen LogP contribution < -0.4 is 10.6 Å². The molecule has 2 N–H and O–H groups in total. The molecule has 0 aliphatic rings. The summed E-state index contributed by atoms with van der Waals surface area (Å²) < 4.78 is 0. The van der Waals surface area contributed by atoms with Crippen molar-refractivity contribution in [2.24, 2.45) is 0 Å². The Morgan fingerprint density at radius 3 is 2.10 bits per heavy atom. The van der Waals surface area contributed by atoms with Gasteiger partial charge in [-0.1, -0.05) is 71.8 Å². The van der Waals surface area contributed by atoms with E-state index in [1.54, 1.807) is 0 Å². The van der Waals surface area contributed by atoms with Gasteiger partial charge >= 0.3 is 0 Å². The van der Waals surface area contributed by atoms with Crippen LogP contribution in [-0.4, -0.2) is 23.3 Å². The fraction of sp³-hybridized carbons (Fsp3) is 0.167. The van der Waals surface area contributed by atoms with Gasteiger partial charge in [-0.25, -0.2) is 0 Å². The lowest BCUT2D eigenvalue weighted by Crippen LogP contribution is -2.31. The van der Waals surface area contributed by atoms with E-state index in [0.29, 0.717) is 5.02 Å². The van der Waals surface area contributed by atoms with Crippen LogP contribution in [0.5, 0.6) is 0 Å². The summed E-state index contributed by atoms with van der Waals surface area (Å²) in [5.74, 6) is 0.136. The van der Waals surface area contributed by atoms with Crippen LogP contribution in [0.2, 0.25) is 5.02 Å². The second-order valence-corrected chi connectivity index (χ2v) is 8.29. The first-order chi connectivity index (χ1) is 14.5. The molecule has 0 fully saturated rings. The average Bonchev–Trinajstić information content (AvgIpc) is 2.75. The Morgan fingerprint density at radius 2 is 1.43 bits per heavy atom. The normalized spacial score (nSPS) is 11.5. The first kappa shape index (κ1) is 21.9. The molecule has 4 nitrogen and oxygen atoms in total. The predicted molar refractivity (Wildman–Crippen MR) is 125 cm³/mol. The van der Waals surface area contributed by atoms with Gasteiger partial charge in [-0.3, -0.25) is 9.59 Å². The minimum atomic E-state index is -0.280. The van der Waals surface area contributed by atoms with Crippen molar-refractivity contribution in [2.75, 3.05) is 16.8 Å². The minimum Gasteiger partial charge on any atom is -0.344 e. The minimum absolute atomic E-state index is 0.131. The maximum absolute atomic E-state index is 12.6. The van der Waals surface area contributed by atoms with Gasteiger partial charge < -0.3 is 10.6 Å². The van der Waals surface area contributed by atoms with E-state index in [1.807, 2.05) is 85.8 Å². The van der Waals surface area contributed by atoms with Crippen molar-refractivity contribution in [1.82, 2.24) is 5.32 Å². The highest BCUT2D eigenvalue weighted by Crippen LogP contribution is 2.23. The maximum atomic E-state index is 12.6. The number of aryl methyl sites for hydroxylation is 1. The number of benzene rings is 3. The lowest BCUT2D eigenvalue weighted by atomic mass is 9.99. The van der Waals surface area contributed by atoms with E-state index in [-0.39, 0.29) is 29.4 Å². The van der Waals surface area contributed by atoms with Crippen molar-refractivity contribution in [3.63, 3.8) is 0 Å². The molecule has 0 saturated carbocycles. The molecule has 2 amide bonds. The molecule has 0 saturated heterocycles. The van der Waals surface area contributed by atoms with Gasteiger partial charge in [-0.05, 0) is 42.3 Å². The number of anilines is 1. The summed E-state index contributed by atoms with van der Waals surface area (Å²) in [5, 5.41) is 6.55. The summed E-state index contributed by atoms with van der Waals surface area (Å²) >= 11 is 7.28. The van der Waals surface area contributed by atoms with Gasteiger partial charge in [0.05, 0.1) is 17.5 Å². The third kappa shape index (κ3) is 6.65. The van der Waals surface area contributed by atoms with Gasteiger partial charge in [0.15, 0.2) is 0 Å². The topological polar surface area (TPSA) is 58.2 Å². The second-order valence-electron chi connectivity index (χ2n) is 6.87. The number of amides is 2. The number of halogens is 1. The van der Waals surface area contributed by atoms with E-state index < -0.39 is 0 Å². The van der Waals surface area contributed by atoms with Crippen LogP contribution in [0.15, 0.2) is 78.9 Å². The fourth-order valence-electron chi connectivity index (χ4n) is 2.93. The largest absolute Gasteiger partial charge is 0.344 e. The fourth-order valence-corrected chi connectivity index (χ4v) is 3.69. The first-order valence-corrected chi connectivity index (χ1v) is 11.1. The molecule has 1 atom stereocenters. The molecule has 0 aliphatic heterocycles. The van der Waals surface area contributed by atoms with Crippen LogP contribution in [0.4, 0.5) is 5.69 Å². The average molecular weight is 439 g/mol. The van der Waals surface area contributed by atoms with Crippen LogP contribution in [0, 0.1) is 6.92 Å². The zero-order valence-electron chi connectivity index (χ0n) is 16.6. The van der Waals surface area contributed by atoms with Crippen LogP contribution >= 0.6 is 23.4 Å². The van der Waals surface area contributed by atoms with Gasteiger partial charge in [-0.2, -0.15) is 0 Å². The zero-order valence-corrected chi connectivity index (χ0v) is 18.2. The molecule has 3 aromatic rings. The number of rotatable bonds is 8. The third-order valence-corrected chi connectivity index (χ3v) is 5.63. The Labute approximate surface area is 186 Å². The summed E-state index contributed by atoms with van der Waals surface area (Å²) in [7, 11) is 0. The molecule has 3 rings (SSSR count). The SMILES string of the molecule is Cc1ccc(NC(=O)CSCC(=O)NC(c2ccccc2)c2ccc(Cl)cc2)cc1. The smallest absolute Gasteiger partial charge is 0.234 e. The van der Waals surface area contributed by atoms with E-state index >= 15 is 0 Å². The zero-order chi connectivity index (χ0) is 21.3. The number of nitrogens with one attached hydrogen (secondary N) is 2. The Balaban J connectivity index is 1.55. The molecule has 0 radical (unpaired) electrons. The summed E-state index contributed by atoms with van der Waals surface area (Å²) in [5.41, 5.74) is 3.81. The van der Waals surface area contributed by atoms with Crippen molar-refractivity contribution >= 4 is 40.9 Å². The highest BCUT2D eigenvalue weighted by molar-refractivity contribution is 8.00. The third-order valence-electron chi connectivity index (χ3n) is 4.44. The Hall–Kier alpha value is -2.76. The Kier molecular flexibility index (Phi) is 7.94. The summed E-state index contributed by atoms with van der Waals surface area (Å²) in [6, 6.07) is 24.5. The lowest BCUT2D eigenvalue weighted by Gasteiger charge is -2.20. The summed E-state index contributed by atoms with van der Waals surface area (Å²) in [6.07, 6.45) is 0. The Bertz CT molecular complexity index is 976. The number of hydrogen-bond acceptors (Lipinski definition) is 3. The molecular weight excluding hydrogens is 416 g/mol. The van der Waals surface area contributed by atoms with Crippen LogP contribution in [0.1, 0.15) is 22.7 Å². The van der Waals surface area contributed by atoms with Gasteiger partial charge in [-0.15, -0.1) is 11.8 Å². The van der Waals surface area contributed by atoms with Crippen molar-refractivity contribution in [2.45, 2.75) is 13.0 Å². The standard InChI is InChI=1S/C24H23ClN2O2S/c1-17-7-13-21(14-8-17)26-22(28)15-30-16-23(29)27-24(18-5-3-2-4-6-18)19-9-11-20(25)12-10-19/h2-14,24H,15-16H2,1H3,(H,26,28)(H,27,29). The number of carbonyl (C=O) groups excluding carboxylic acids is 2. The molecule has 0 aromatic heterocycles. The summed E-state index contributed by atoms with van der Waals surface area (Å²) in [6.45, 7) is 1.99. The highest BCUT2D eigenvalue weighted by Gasteiger charge is 2.17.